The summed E-state index contributed by atoms with van der Waals surface area (Å²) >= 11 is 0. The highest BCUT2D eigenvalue weighted by molar-refractivity contribution is 5.57. The molecule has 1 aromatic rings. The summed E-state index contributed by atoms with van der Waals surface area (Å²) < 4.78 is 0. The van der Waals surface area contributed by atoms with Crippen LogP contribution < -0.4 is 5.73 Å². The highest BCUT2D eigenvalue weighted by atomic mass is 14.9. The van der Waals surface area contributed by atoms with Gasteiger partial charge in [0.1, 0.15) is 12.0 Å². The number of aliphatic imine (C=N–C) groups is 1. The van der Waals surface area contributed by atoms with Gasteiger partial charge in [0, 0.05) is 0 Å². The van der Waals surface area contributed by atoms with Gasteiger partial charge in [-0.2, -0.15) is 0 Å². The number of hydrogen-bond acceptors (Lipinski definition) is 3. The normalized spacial score (nSPS) is 10.2. The van der Waals surface area contributed by atoms with E-state index in [0.717, 1.165) is 0 Å². The van der Waals surface area contributed by atoms with Crippen molar-refractivity contribution in [2.75, 3.05) is 0 Å². The Morgan fingerprint density at radius 3 is 2.67 bits per heavy atom. The summed E-state index contributed by atoms with van der Waals surface area (Å²) in [6.45, 7) is 0. The molecule has 0 aliphatic heterocycles. The summed E-state index contributed by atoms with van der Waals surface area (Å²) in [6, 6.07) is 0. The van der Waals surface area contributed by atoms with Crippen molar-refractivity contribution in [2.24, 2.45) is 10.7 Å². The largest absolute Gasteiger partial charge is 0.390 e. The lowest BCUT2D eigenvalue weighted by molar-refractivity contribution is 1.16. The Labute approximate surface area is 52.5 Å². The van der Waals surface area contributed by atoms with Crippen LogP contribution in [-0.4, -0.2) is 16.3 Å². The van der Waals surface area contributed by atoms with Gasteiger partial charge in [0.2, 0.25) is 0 Å². The summed E-state index contributed by atoms with van der Waals surface area (Å²) in [4.78, 5) is 11.2. The Morgan fingerprint density at radius 1 is 1.44 bits per heavy atom. The molecule has 0 bridgehead atoms. The Hall–Kier alpha value is -1.45. The maximum atomic E-state index is 5.01. The van der Waals surface area contributed by atoms with Crippen LogP contribution in [0.5, 0.6) is 0 Å². The number of nitrogens with two attached hydrogens (primary N) is 1. The van der Waals surface area contributed by atoms with Crippen molar-refractivity contribution in [1.82, 2.24) is 9.97 Å². The number of nitrogens with zero attached hydrogens (tertiary/aromatic N) is 3. The van der Waals surface area contributed by atoms with Crippen molar-refractivity contribution >= 4 is 12.0 Å². The zero-order chi connectivity index (χ0) is 6.53. The van der Waals surface area contributed by atoms with E-state index in [1.807, 2.05) is 0 Å². The van der Waals surface area contributed by atoms with Gasteiger partial charge in [-0.25, -0.2) is 15.0 Å². The van der Waals surface area contributed by atoms with Crippen molar-refractivity contribution < 1.29 is 0 Å². The molecule has 0 saturated carbocycles. The van der Waals surface area contributed by atoms with E-state index in [4.69, 9.17) is 5.73 Å². The minimum absolute atomic E-state index is 0.667. The SMILES string of the molecule is NC=Nc1cncnc1. The van der Waals surface area contributed by atoms with Crippen LogP contribution in [0.1, 0.15) is 0 Å². The maximum absolute atomic E-state index is 5.01. The maximum Gasteiger partial charge on any atom is 0.115 e. The van der Waals surface area contributed by atoms with Gasteiger partial charge in [0.05, 0.1) is 18.7 Å². The smallest absolute Gasteiger partial charge is 0.115 e. The van der Waals surface area contributed by atoms with E-state index in [0.29, 0.717) is 5.69 Å². The van der Waals surface area contributed by atoms with Crippen LogP contribution in [0.4, 0.5) is 5.69 Å². The van der Waals surface area contributed by atoms with E-state index in [2.05, 4.69) is 15.0 Å². The molecule has 0 fully saturated rings. The Morgan fingerprint density at radius 2 is 2.11 bits per heavy atom. The molecule has 0 unspecified atom stereocenters. The lowest BCUT2D eigenvalue weighted by atomic mass is 10.6. The zero-order valence-electron chi connectivity index (χ0n) is 4.73. The van der Waals surface area contributed by atoms with E-state index in [-0.39, 0.29) is 0 Å². The van der Waals surface area contributed by atoms with Crippen LogP contribution in [0.3, 0.4) is 0 Å². The van der Waals surface area contributed by atoms with Gasteiger partial charge in [0.25, 0.3) is 0 Å². The molecule has 1 heterocycles. The first-order chi connectivity index (χ1) is 4.43. The molecule has 0 aliphatic rings. The van der Waals surface area contributed by atoms with Crippen molar-refractivity contribution in [2.45, 2.75) is 0 Å². The molecule has 0 radical (unpaired) electrons. The van der Waals surface area contributed by atoms with Crippen LogP contribution in [0, 0.1) is 0 Å². The quantitative estimate of drug-likeness (QED) is 0.424. The van der Waals surface area contributed by atoms with Gasteiger partial charge in [-0.05, 0) is 0 Å². The topological polar surface area (TPSA) is 64.2 Å². The first kappa shape index (κ1) is 5.68. The van der Waals surface area contributed by atoms with E-state index in [1.165, 1.54) is 12.7 Å². The standard InChI is InChI=1S/C5H6N4/c6-3-9-5-1-7-4-8-2-5/h1-4H,(H2,6,9). The Kier molecular flexibility index (Phi) is 1.74. The first-order valence-electron chi connectivity index (χ1n) is 2.43. The molecule has 0 aromatic carbocycles. The molecule has 9 heavy (non-hydrogen) atoms. The second-order valence-electron chi connectivity index (χ2n) is 1.37. The van der Waals surface area contributed by atoms with Gasteiger partial charge < -0.3 is 5.73 Å². The molecule has 1 rings (SSSR count). The fourth-order valence-electron chi connectivity index (χ4n) is 0.444. The second-order valence-corrected chi connectivity index (χ2v) is 1.37. The van der Waals surface area contributed by atoms with Crippen LogP contribution in [-0.2, 0) is 0 Å². The molecule has 0 spiro atoms. The molecule has 0 saturated heterocycles. The summed E-state index contributed by atoms with van der Waals surface area (Å²) in [5.74, 6) is 0. The van der Waals surface area contributed by atoms with Crippen molar-refractivity contribution in [3.8, 4) is 0 Å². The molecule has 0 atom stereocenters. The zero-order valence-corrected chi connectivity index (χ0v) is 4.73. The van der Waals surface area contributed by atoms with E-state index in [1.54, 1.807) is 12.4 Å². The average Bonchev–Trinajstić information content (AvgIpc) is 1.91. The molecule has 4 nitrogen and oxygen atoms in total. The van der Waals surface area contributed by atoms with Crippen LogP contribution in [0.2, 0.25) is 0 Å². The summed E-state index contributed by atoms with van der Waals surface area (Å²) in [5.41, 5.74) is 5.68. The summed E-state index contributed by atoms with van der Waals surface area (Å²) in [5, 5.41) is 0. The van der Waals surface area contributed by atoms with E-state index in [9.17, 15) is 0 Å². The van der Waals surface area contributed by atoms with Crippen LogP contribution in [0.15, 0.2) is 23.7 Å². The van der Waals surface area contributed by atoms with E-state index < -0.39 is 0 Å². The summed E-state index contributed by atoms with van der Waals surface area (Å²) in [7, 11) is 0. The molecular formula is C5H6N4. The average molecular weight is 122 g/mol. The summed E-state index contributed by atoms with van der Waals surface area (Å²) in [6.07, 6.45) is 5.81. The fourth-order valence-corrected chi connectivity index (χ4v) is 0.444. The van der Waals surface area contributed by atoms with Crippen molar-refractivity contribution in [1.29, 1.82) is 0 Å². The molecule has 46 valence electrons. The van der Waals surface area contributed by atoms with Gasteiger partial charge in [0.15, 0.2) is 0 Å². The third-order valence-corrected chi connectivity index (χ3v) is 0.771. The van der Waals surface area contributed by atoms with Gasteiger partial charge in [-0.1, -0.05) is 0 Å². The predicted molar refractivity (Wildman–Crippen MR) is 34.4 cm³/mol. The minimum Gasteiger partial charge on any atom is -0.390 e. The van der Waals surface area contributed by atoms with Crippen molar-refractivity contribution in [3.63, 3.8) is 0 Å². The molecule has 4 heteroatoms. The van der Waals surface area contributed by atoms with Crippen molar-refractivity contribution in [3.05, 3.63) is 18.7 Å². The van der Waals surface area contributed by atoms with Gasteiger partial charge >= 0.3 is 0 Å². The lowest BCUT2D eigenvalue weighted by Gasteiger charge is -1.85. The third kappa shape index (κ3) is 1.49. The number of hydrogen-bond donors (Lipinski definition) is 1. The highest BCUT2D eigenvalue weighted by Crippen LogP contribution is 2.02. The predicted octanol–water partition coefficient (Wildman–Crippen LogP) is 0.0951. The Balaban J connectivity index is 2.85. The second kappa shape index (κ2) is 2.76. The molecular weight excluding hydrogens is 116 g/mol. The van der Waals surface area contributed by atoms with E-state index >= 15 is 0 Å². The molecule has 1 aromatic heterocycles. The molecule has 0 aliphatic carbocycles. The molecule has 0 amide bonds. The third-order valence-electron chi connectivity index (χ3n) is 0.771. The highest BCUT2D eigenvalue weighted by Gasteiger charge is 1.81. The Bertz CT molecular complexity index is 193. The van der Waals surface area contributed by atoms with Crippen LogP contribution >= 0.6 is 0 Å². The fraction of sp³-hybridized carbons (Fsp3) is 0. The number of rotatable bonds is 1. The van der Waals surface area contributed by atoms with Gasteiger partial charge in [-0.3, -0.25) is 0 Å². The monoisotopic (exact) mass is 122 g/mol. The first-order valence-corrected chi connectivity index (χ1v) is 2.43. The van der Waals surface area contributed by atoms with Crippen LogP contribution in [0.25, 0.3) is 0 Å². The number of aromatic nitrogens is 2. The van der Waals surface area contributed by atoms with Gasteiger partial charge in [-0.15, -0.1) is 0 Å². The lowest BCUT2D eigenvalue weighted by Crippen LogP contribution is -1.86. The minimum atomic E-state index is 0.667. The molecule has 2 N–H and O–H groups in total.